The van der Waals surface area contributed by atoms with E-state index in [0.29, 0.717) is 0 Å². The minimum Gasteiger partial charge on any atom is -0.398 e. The van der Waals surface area contributed by atoms with Gasteiger partial charge in [0.15, 0.2) is 0 Å². The Hall–Kier alpha value is -0.980. The van der Waals surface area contributed by atoms with E-state index < -0.39 is 0 Å². The minimum atomic E-state index is 0.746. The summed E-state index contributed by atoms with van der Waals surface area (Å²) >= 11 is 0. The molecule has 1 aromatic carbocycles. The van der Waals surface area contributed by atoms with Gasteiger partial charge in [0.25, 0.3) is 0 Å². The summed E-state index contributed by atoms with van der Waals surface area (Å²) in [7, 11) is 0. The molecule has 1 nitrogen and oxygen atoms in total. The largest absolute Gasteiger partial charge is 0.398 e. The van der Waals surface area contributed by atoms with Crippen molar-refractivity contribution in [2.75, 3.05) is 5.73 Å². The molecular weight excluding hydrogens is 170 g/mol. The van der Waals surface area contributed by atoms with Crippen molar-refractivity contribution >= 4 is 5.69 Å². The van der Waals surface area contributed by atoms with E-state index in [2.05, 4.69) is 39.8 Å². The van der Waals surface area contributed by atoms with Gasteiger partial charge in [-0.25, -0.2) is 0 Å². The second kappa shape index (κ2) is 4.50. The predicted molar refractivity (Wildman–Crippen MR) is 63.5 cm³/mol. The van der Waals surface area contributed by atoms with Gasteiger partial charge in [-0.15, -0.1) is 0 Å². The fourth-order valence-corrected chi connectivity index (χ4v) is 1.56. The second-order valence-corrected chi connectivity index (χ2v) is 4.57. The van der Waals surface area contributed by atoms with Gasteiger partial charge in [0.2, 0.25) is 0 Å². The molecular formula is C13H21N. The van der Waals surface area contributed by atoms with Gasteiger partial charge in [-0.05, 0) is 55.4 Å². The Morgan fingerprint density at radius 3 is 2.29 bits per heavy atom. The number of hydrogen-bond donors (Lipinski definition) is 1. The molecule has 78 valence electrons. The highest BCUT2D eigenvalue weighted by molar-refractivity contribution is 5.51. The molecule has 0 bridgehead atoms. The van der Waals surface area contributed by atoms with Crippen molar-refractivity contribution in [3.8, 4) is 0 Å². The van der Waals surface area contributed by atoms with Crippen molar-refractivity contribution in [3.63, 3.8) is 0 Å². The average molecular weight is 191 g/mol. The van der Waals surface area contributed by atoms with Crippen LogP contribution in [0.5, 0.6) is 0 Å². The maximum absolute atomic E-state index is 5.98. The smallest absolute Gasteiger partial charge is 0.0349 e. The highest BCUT2D eigenvalue weighted by atomic mass is 14.6. The van der Waals surface area contributed by atoms with Crippen molar-refractivity contribution in [3.05, 3.63) is 28.8 Å². The Bertz CT molecular complexity index is 313. The zero-order chi connectivity index (χ0) is 10.7. The van der Waals surface area contributed by atoms with Crippen LogP contribution in [0.15, 0.2) is 12.1 Å². The minimum absolute atomic E-state index is 0.746. The van der Waals surface area contributed by atoms with Gasteiger partial charge in [-0.1, -0.05) is 19.9 Å². The second-order valence-electron chi connectivity index (χ2n) is 4.57. The fourth-order valence-electron chi connectivity index (χ4n) is 1.56. The average Bonchev–Trinajstić information content (AvgIpc) is 2.09. The molecule has 1 heteroatoms. The maximum Gasteiger partial charge on any atom is 0.0349 e. The zero-order valence-corrected chi connectivity index (χ0v) is 9.72. The summed E-state index contributed by atoms with van der Waals surface area (Å²) < 4.78 is 0. The molecule has 0 saturated heterocycles. The molecule has 0 radical (unpaired) electrons. The lowest BCUT2D eigenvalue weighted by Crippen LogP contribution is -1.99. The highest BCUT2D eigenvalue weighted by Gasteiger charge is 2.03. The molecule has 0 aliphatic rings. The van der Waals surface area contributed by atoms with Crippen LogP contribution in [-0.2, 0) is 6.42 Å². The summed E-state index contributed by atoms with van der Waals surface area (Å²) in [5, 5.41) is 0. The van der Waals surface area contributed by atoms with Crippen molar-refractivity contribution < 1.29 is 0 Å². The fraction of sp³-hybridized carbons (Fsp3) is 0.538. The summed E-state index contributed by atoms with van der Waals surface area (Å²) in [6.45, 7) is 8.75. The third-order valence-electron chi connectivity index (χ3n) is 2.75. The molecule has 14 heavy (non-hydrogen) atoms. The van der Waals surface area contributed by atoms with Gasteiger partial charge in [0, 0.05) is 5.69 Å². The summed E-state index contributed by atoms with van der Waals surface area (Å²) in [6, 6.07) is 4.32. The Balaban J connectivity index is 2.82. The van der Waals surface area contributed by atoms with Gasteiger partial charge >= 0.3 is 0 Å². The van der Waals surface area contributed by atoms with E-state index in [1.807, 2.05) is 0 Å². The molecule has 0 aromatic heterocycles. The summed E-state index contributed by atoms with van der Waals surface area (Å²) in [5.41, 5.74) is 10.9. The highest BCUT2D eigenvalue weighted by Crippen LogP contribution is 2.20. The number of benzene rings is 1. The summed E-state index contributed by atoms with van der Waals surface area (Å²) in [5.74, 6) is 0.746. The number of nitrogens with two attached hydrogens (primary N) is 1. The molecule has 0 saturated carbocycles. The first-order chi connectivity index (χ1) is 6.50. The molecule has 0 amide bonds. The monoisotopic (exact) mass is 191 g/mol. The van der Waals surface area contributed by atoms with Crippen LogP contribution in [-0.4, -0.2) is 0 Å². The molecule has 0 unspecified atom stereocenters. The quantitative estimate of drug-likeness (QED) is 0.727. The molecule has 0 aliphatic heterocycles. The number of hydrogen-bond acceptors (Lipinski definition) is 1. The third kappa shape index (κ3) is 2.76. The van der Waals surface area contributed by atoms with Gasteiger partial charge in [-0.2, -0.15) is 0 Å². The van der Waals surface area contributed by atoms with E-state index >= 15 is 0 Å². The molecule has 0 spiro atoms. The lowest BCUT2D eigenvalue weighted by Gasteiger charge is -2.10. The van der Waals surface area contributed by atoms with Crippen LogP contribution >= 0.6 is 0 Å². The van der Waals surface area contributed by atoms with E-state index in [1.165, 1.54) is 23.1 Å². The van der Waals surface area contributed by atoms with E-state index in [1.54, 1.807) is 0 Å². The topological polar surface area (TPSA) is 26.0 Å². The van der Waals surface area contributed by atoms with Crippen molar-refractivity contribution in [1.29, 1.82) is 0 Å². The van der Waals surface area contributed by atoms with Gasteiger partial charge < -0.3 is 5.73 Å². The molecule has 1 rings (SSSR count). The Morgan fingerprint density at radius 1 is 1.14 bits per heavy atom. The van der Waals surface area contributed by atoms with Crippen molar-refractivity contribution in [1.82, 2.24) is 0 Å². The number of anilines is 1. The SMILES string of the molecule is Cc1cc(N)c(CCC(C)C)cc1C. The van der Waals surface area contributed by atoms with E-state index in [-0.39, 0.29) is 0 Å². The number of aryl methyl sites for hydroxylation is 3. The first kappa shape index (κ1) is 11.1. The van der Waals surface area contributed by atoms with Crippen LogP contribution in [0.25, 0.3) is 0 Å². The lowest BCUT2D eigenvalue weighted by molar-refractivity contribution is 0.587. The molecule has 0 heterocycles. The molecule has 1 aromatic rings. The summed E-state index contributed by atoms with van der Waals surface area (Å²) in [4.78, 5) is 0. The van der Waals surface area contributed by atoms with Gasteiger partial charge in [0.1, 0.15) is 0 Å². The summed E-state index contributed by atoms with van der Waals surface area (Å²) in [6.07, 6.45) is 2.32. The van der Waals surface area contributed by atoms with E-state index in [0.717, 1.165) is 18.0 Å². The van der Waals surface area contributed by atoms with Crippen molar-refractivity contribution in [2.24, 2.45) is 5.92 Å². The van der Waals surface area contributed by atoms with Crippen LogP contribution in [0.1, 0.15) is 37.0 Å². The third-order valence-corrected chi connectivity index (χ3v) is 2.75. The molecule has 0 fully saturated rings. The van der Waals surface area contributed by atoms with E-state index in [4.69, 9.17) is 5.73 Å². The van der Waals surface area contributed by atoms with Crippen LogP contribution < -0.4 is 5.73 Å². The Kier molecular flexibility index (Phi) is 3.56. The van der Waals surface area contributed by atoms with Crippen LogP contribution in [0.3, 0.4) is 0 Å². The maximum atomic E-state index is 5.98. The lowest BCUT2D eigenvalue weighted by atomic mass is 9.98. The van der Waals surface area contributed by atoms with Gasteiger partial charge in [0.05, 0.1) is 0 Å². The van der Waals surface area contributed by atoms with Crippen LogP contribution in [0.2, 0.25) is 0 Å². The zero-order valence-electron chi connectivity index (χ0n) is 9.72. The molecule has 0 atom stereocenters. The van der Waals surface area contributed by atoms with E-state index in [9.17, 15) is 0 Å². The van der Waals surface area contributed by atoms with Crippen LogP contribution in [0, 0.1) is 19.8 Å². The predicted octanol–water partition coefficient (Wildman–Crippen LogP) is 3.47. The van der Waals surface area contributed by atoms with Crippen molar-refractivity contribution in [2.45, 2.75) is 40.5 Å². The van der Waals surface area contributed by atoms with Crippen LogP contribution in [0.4, 0.5) is 5.69 Å². The number of nitrogen functional groups attached to an aromatic ring is 1. The molecule has 0 aliphatic carbocycles. The number of rotatable bonds is 3. The molecule has 2 N–H and O–H groups in total. The standard InChI is InChI=1S/C13H21N/c1-9(2)5-6-12-7-10(3)11(4)8-13(12)14/h7-9H,5-6,14H2,1-4H3. The normalized spacial score (nSPS) is 10.9. The first-order valence-electron chi connectivity index (χ1n) is 5.36. The van der Waals surface area contributed by atoms with Gasteiger partial charge in [-0.3, -0.25) is 0 Å². The Labute approximate surface area is 87.3 Å². The Morgan fingerprint density at radius 2 is 1.71 bits per heavy atom. The first-order valence-corrected chi connectivity index (χ1v) is 5.36.